The van der Waals surface area contributed by atoms with Crippen molar-refractivity contribution < 1.29 is 33.3 Å². The molecule has 3 rings (SSSR count). The van der Waals surface area contributed by atoms with Gasteiger partial charge in [0.15, 0.2) is 0 Å². The van der Waals surface area contributed by atoms with E-state index in [2.05, 4.69) is 0 Å². The Bertz CT molecular complexity index is 949. The van der Waals surface area contributed by atoms with Gasteiger partial charge in [0.25, 0.3) is 0 Å². The van der Waals surface area contributed by atoms with Crippen molar-refractivity contribution in [3.63, 3.8) is 0 Å². The second-order valence-electron chi connectivity index (χ2n) is 7.91. The molecular weight excluding hydrogens is 400 g/mol. The van der Waals surface area contributed by atoms with E-state index in [0.29, 0.717) is 11.1 Å². The summed E-state index contributed by atoms with van der Waals surface area (Å²) in [5, 5.41) is 0. The third kappa shape index (κ3) is 5.70. The first-order valence-electron chi connectivity index (χ1n) is 10.0. The minimum atomic E-state index is -1.18. The van der Waals surface area contributed by atoms with Gasteiger partial charge in [-0.3, -0.25) is 4.79 Å². The third-order valence-corrected chi connectivity index (χ3v) is 5.10. The zero-order chi connectivity index (χ0) is 22.6. The lowest BCUT2D eigenvalue weighted by molar-refractivity contribution is -0.192. The van der Waals surface area contributed by atoms with Crippen LogP contribution in [-0.2, 0) is 23.7 Å². The molecule has 1 heterocycles. The van der Waals surface area contributed by atoms with Gasteiger partial charge in [-0.25, -0.2) is 9.59 Å². The summed E-state index contributed by atoms with van der Waals surface area (Å²) in [4.78, 5) is 36.4. The molecule has 1 saturated heterocycles. The molecule has 2 aromatic carbocycles. The molecule has 0 spiro atoms. The molecule has 1 unspecified atom stereocenters. The van der Waals surface area contributed by atoms with Gasteiger partial charge in [0, 0.05) is 6.92 Å². The second-order valence-corrected chi connectivity index (χ2v) is 7.91. The Hall–Kier alpha value is -3.19. The Morgan fingerprint density at radius 3 is 1.94 bits per heavy atom. The van der Waals surface area contributed by atoms with Gasteiger partial charge in [-0.15, -0.1) is 0 Å². The molecule has 0 N–H and O–H groups in total. The molecule has 1 aliphatic rings. The Kier molecular flexibility index (Phi) is 6.75. The molecule has 1 aliphatic heterocycles. The highest BCUT2D eigenvalue weighted by molar-refractivity contribution is 5.90. The van der Waals surface area contributed by atoms with Crippen LogP contribution in [-0.4, -0.2) is 42.5 Å². The van der Waals surface area contributed by atoms with Crippen molar-refractivity contribution in [2.24, 2.45) is 0 Å². The minimum Gasteiger partial charge on any atom is -0.459 e. The van der Waals surface area contributed by atoms with Crippen LogP contribution >= 0.6 is 0 Å². The number of carbonyl (C=O) groups excluding carboxylic acids is 3. The predicted octanol–water partition coefficient (Wildman–Crippen LogP) is 3.75. The molecule has 31 heavy (non-hydrogen) atoms. The number of esters is 3. The molecule has 0 amide bonds. The van der Waals surface area contributed by atoms with E-state index < -0.39 is 35.9 Å². The summed E-state index contributed by atoms with van der Waals surface area (Å²) in [5.41, 5.74) is 1.65. The van der Waals surface area contributed by atoms with Crippen molar-refractivity contribution in [1.29, 1.82) is 0 Å². The Morgan fingerprint density at radius 2 is 1.42 bits per heavy atom. The fourth-order valence-corrected chi connectivity index (χ4v) is 3.27. The van der Waals surface area contributed by atoms with Crippen LogP contribution in [0.3, 0.4) is 0 Å². The topological polar surface area (TPSA) is 88.1 Å². The standard InChI is InChI=1S/C24H26O7/c1-15-5-9-18(10-6-15)22(26)28-14-24(4)20(13-21(31-24)29-17(3)25)30-23(27)19-11-7-16(2)8-12-19/h5-12,20-21H,13-14H2,1-4H3/t20-,21?,24+/m0/s1. The van der Waals surface area contributed by atoms with Gasteiger partial charge in [0.05, 0.1) is 17.5 Å². The lowest BCUT2D eigenvalue weighted by Crippen LogP contribution is -2.44. The normalized spacial score (nSPS) is 22.6. The van der Waals surface area contributed by atoms with E-state index in [1.54, 1.807) is 31.2 Å². The molecule has 7 heteroatoms. The first-order chi connectivity index (χ1) is 14.7. The summed E-state index contributed by atoms with van der Waals surface area (Å²) in [5.74, 6) is -1.58. The van der Waals surface area contributed by atoms with Crippen LogP contribution in [0.4, 0.5) is 0 Å². The molecule has 7 nitrogen and oxygen atoms in total. The lowest BCUT2D eigenvalue weighted by Gasteiger charge is -2.29. The van der Waals surface area contributed by atoms with Crippen LogP contribution in [0.25, 0.3) is 0 Å². The molecule has 0 bridgehead atoms. The van der Waals surface area contributed by atoms with E-state index >= 15 is 0 Å². The van der Waals surface area contributed by atoms with Crippen LogP contribution in [0.2, 0.25) is 0 Å². The predicted molar refractivity (Wildman–Crippen MR) is 112 cm³/mol. The fourth-order valence-electron chi connectivity index (χ4n) is 3.27. The first-order valence-corrected chi connectivity index (χ1v) is 10.0. The van der Waals surface area contributed by atoms with Crippen LogP contribution in [0.5, 0.6) is 0 Å². The fraction of sp³-hybridized carbons (Fsp3) is 0.375. The summed E-state index contributed by atoms with van der Waals surface area (Å²) < 4.78 is 22.1. The molecule has 0 aliphatic carbocycles. The lowest BCUT2D eigenvalue weighted by atomic mass is 10.00. The summed E-state index contributed by atoms with van der Waals surface area (Å²) in [6.45, 7) is 6.59. The minimum absolute atomic E-state index is 0.135. The van der Waals surface area contributed by atoms with E-state index in [9.17, 15) is 14.4 Å². The van der Waals surface area contributed by atoms with Crippen LogP contribution in [0.15, 0.2) is 48.5 Å². The van der Waals surface area contributed by atoms with Crippen molar-refractivity contribution in [2.45, 2.75) is 52.1 Å². The third-order valence-electron chi connectivity index (χ3n) is 5.10. The highest BCUT2D eigenvalue weighted by Crippen LogP contribution is 2.35. The number of hydrogen-bond donors (Lipinski definition) is 0. The van der Waals surface area contributed by atoms with Crippen molar-refractivity contribution in [3.05, 3.63) is 70.8 Å². The number of carbonyl (C=O) groups is 3. The second kappa shape index (κ2) is 9.31. The zero-order valence-corrected chi connectivity index (χ0v) is 18.0. The van der Waals surface area contributed by atoms with Gasteiger partial charge >= 0.3 is 17.9 Å². The van der Waals surface area contributed by atoms with Crippen LogP contribution in [0.1, 0.15) is 52.1 Å². The smallest absolute Gasteiger partial charge is 0.338 e. The van der Waals surface area contributed by atoms with Gasteiger partial charge < -0.3 is 18.9 Å². The quantitative estimate of drug-likeness (QED) is 0.513. The van der Waals surface area contributed by atoms with Crippen molar-refractivity contribution in [1.82, 2.24) is 0 Å². The molecule has 3 atom stereocenters. The SMILES string of the molecule is CC(=O)OC1C[C@H](OC(=O)c2ccc(C)cc2)[C@@](C)(COC(=O)c2ccc(C)cc2)O1. The summed E-state index contributed by atoms with van der Waals surface area (Å²) >= 11 is 0. The van der Waals surface area contributed by atoms with Gasteiger partial charge in [0.1, 0.15) is 18.3 Å². The number of hydrogen-bond acceptors (Lipinski definition) is 7. The molecule has 0 aromatic heterocycles. The van der Waals surface area contributed by atoms with Crippen LogP contribution < -0.4 is 0 Å². The maximum atomic E-state index is 12.6. The van der Waals surface area contributed by atoms with Gasteiger partial charge in [-0.05, 0) is 45.0 Å². The van der Waals surface area contributed by atoms with E-state index in [-0.39, 0.29) is 13.0 Å². The number of ether oxygens (including phenoxy) is 4. The van der Waals surface area contributed by atoms with E-state index in [4.69, 9.17) is 18.9 Å². The molecule has 164 valence electrons. The largest absolute Gasteiger partial charge is 0.459 e. The average Bonchev–Trinajstić information content (AvgIpc) is 3.01. The van der Waals surface area contributed by atoms with Crippen molar-refractivity contribution in [3.8, 4) is 0 Å². The van der Waals surface area contributed by atoms with E-state index in [1.807, 2.05) is 38.1 Å². The first kappa shape index (κ1) is 22.5. The molecule has 2 aromatic rings. The Morgan fingerprint density at radius 1 is 0.903 bits per heavy atom. The van der Waals surface area contributed by atoms with Gasteiger partial charge in [-0.2, -0.15) is 0 Å². The average molecular weight is 426 g/mol. The van der Waals surface area contributed by atoms with E-state index in [1.165, 1.54) is 6.92 Å². The Balaban J connectivity index is 1.72. The number of benzene rings is 2. The molecule has 1 fully saturated rings. The summed E-state index contributed by atoms with van der Waals surface area (Å²) in [6, 6.07) is 13.9. The Labute approximate surface area is 181 Å². The maximum Gasteiger partial charge on any atom is 0.338 e. The van der Waals surface area contributed by atoms with Crippen LogP contribution in [0, 0.1) is 13.8 Å². The molecular formula is C24H26O7. The summed E-state index contributed by atoms with van der Waals surface area (Å²) in [7, 11) is 0. The van der Waals surface area contributed by atoms with Crippen molar-refractivity contribution in [2.75, 3.05) is 6.61 Å². The van der Waals surface area contributed by atoms with Crippen molar-refractivity contribution >= 4 is 17.9 Å². The zero-order valence-electron chi connectivity index (χ0n) is 18.0. The monoisotopic (exact) mass is 426 g/mol. The highest BCUT2D eigenvalue weighted by atomic mass is 16.7. The molecule has 0 radical (unpaired) electrons. The van der Waals surface area contributed by atoms with E-state index in [0.717, 1.165) is 11.1 Å². The number of rotatable bonds is 6. The summed E-state index contributed by atoms with van der Waals surface area (Å²) in [6.07, 6.45) is -1.55. The highest BCUT2D eigenvalue weighted by Gasteiger charge is 2.50. The maximum absolute atomic E-state index is 12.6. The molecule has 0 saturated carbocycles. The number of aryl methyl sites for hydroxylation is 2. The van der Waals surface area contributed by atoms with Gasteiger partial charge in [0.2, 0.25) is 6.29 Å². The van der Waals surface area contributed by atoms with Gasteiger partial charge in [-0.1, -0.05) is 35.4 Å².